The van der Waals surface area contributed by atoms with Crippen LogP contribution in [0.3, 0.4) is 0 Å². The molecule has 1 spiro atoms. The average molecular weight is 631 g/mol. The molecule has 1 aromatic rings. The molecule has 46 heavy (non-hydrogen) atoms. The summed E-state index contributed by atoms with van der Waals surface area (Å²) in [6.45, 7) is 11.7. The molecule has 7 aliphatic rings. The number of carbonyl (C=O) groups is 1. The maximum absolute atomic E-state index is 14.7. The molecule has 8 rings (SSSR count). The van der Waals surface area contributed by atoms with Gasteiger partial charge in [-0.25, -0.2) is 0 Å². The topological polar surface area (TPSA) is 96.2 Å². The molecular weight excluding hydrogens is 576 g/mol. The monoisotopic (exact) mass is 630 g/mol. The molecule has 14 atom stereocenters. The van der Waals surface area contributed by atoms with E-state index in [-0.39, 0.29) is 46.7 Å². The molecule has 1 saturated heterocycles. The van der Waals surface area contributed by atoms with Crippen LogP contribution in [0, 0.1) is 46.3 Å². The first-order valence-electron chi connectivity index (χ1n) is 18.2. The minimum Gasteiger partial charge on any atom is -0.387 e. The van der Waals surface area contributed by atoms with Crippen LogP contribution in [0.1, 0.15) is 97.5 Å². The Morgan fingerprint density at radius 3 is 2.46 bits per heavy atom. The molecule has 4 fully saturated rings. The highest BCUT2D eigenvalue weighted by Crippen LogP contribution is 2.73. The summed E-state index contributed by atoms with van der Waals surface area (Å²) in [4.78, 5) is 14.7. The number of Topliss-reactive ketones (excluding diaryl/α,β-unsaturated/α-hetero) is 1. The number of aliphatic hydroxyl groups excluding tert-OH is 1. The molecule has 3 N–H and O–H groups in total. The second-order valence-electron chi connectivity index (χ2n) is 17.4. The molecular formula is C40H54O6. The summed E-state index contributed by atoms with van der Waals surface area (Å²) in [5.74, 6) is 0.586. The minimum atomic E-state index is -1.43. The predicted molar refractivity (Wildman–Crippen MR) is 176 cm³/mol. The van der Waals surface area contributed by atoms with Crippen molar-refractivity contribution in [3.8, 4) is 0 Å². The van der Waals surface area contributed by atoms with Gasteiger partial charge in [0.2, 0.25) is 0 Å². The first-order valence-corrected chi connectivity index (χ1v) is 18.2. The SMILES string of the molecule is C[C@H]1[C@@H]([C@@H](O)[C@@](C)(O)[C@@H]2C[C@H]3CCC4=C5[C@H](CC[C@@]2(C)[C@]53O)[C@]2(C)CC[C@@]3(C=C[C@@H](c5ccccc5)CO3)C[C@H]2C4=O)OC[C@H]1C. The molecule has 0 bridgehead atoms. The second-order valence-corrected chi connectivity index (χ2v) is 17.4. The highest BCUT2D eigenvalue weighted by molar-refractivity contribution is 6.00. The van der Waals surface area contributed by atoms with Crippen LogP contribution in [-0.2, 0) is 14.3 Å². The van der Waals surface area contributed by atoms with Gasteiger partial charge in [-0.15, -0.1) is 0 Å². The fourth-order valence-electron chi connectivity index (χ4n) is 12.2. The van der Waals surface area contributed by atoms with E-state index < -0.39 is 34.4 Å². The standard InChI is InChI=1S/C40H54O6/c1-23-21-45-34(24(23)2)35(42)38(5,43)31-19-27-11-12-28-32-29(14-15-37(31,4)40(27,32)44)36(3)17-18-39(20-30(36)33(28)41)16-13-26(22-46-39)25-9-7-6-8-10-25/h6-10,13,16,23-24,26-27,29-31,34-35,42-44H,11-12,14-15,17-22H2,1-5H3/t23-,24-,26-,27-,29+,30+,31-,34+,35-,36+,37-,38+,39+,40-/m1/s1. The molecule has 2 heterocycles. The fraction of sp³-hybridized carbons (Fsp3) is 0.725. The number of ketones is 1. The largest absolute Gasteiger partial charge is 0.387 e. The van der Waals surface area contributed by atoms with Gasteiger partial charge in [0.05, 0.1) is 29.5 Å². The van der Waals surface area contributed by atoms with Crippen molar-refractivity contribution in [1.29, 1.82) is 0 Å². The maximum atomic E-state index is 14.7. The fourth-order valence-corrected chi connectivity index (χ4v) is 12.2. The number of benzene rings is 1. The quantitative estimate of drug-likeness (QED) is 0.346. The zero-order valence-electron chi connectivity index (χ0n) is 28.4. The summed E-state index contributed by atoms with van der Waals surface area (Å²) in [5.41, 5.74) is -0.740. The molecule has 6 heteroatoms. The van der Waals surface area contributed by atoms with E-state index in [1.165, 1.54) is 5.56 Å². The Hall–Kier alpha value is -1.83. The predicted octanol–water partition coefficient (Wildman–Crippen LogP) is 6.14. The van der Waals surface area contributed by atoms with Gasteiger partial charge in [0.25, 0.3) is 0 Å². The van der Waals surface area contributed by atoms with Crippen LogP contribution >= 0.6 is 0 Å². The Balaban J connectivity index is 1.11. The second kappa shape index (κ2) is 10.3. The van der Waals surface area contributed by atoms with Crippen LogP contribution in [0.25, 0.3) is 0 Å². The van der Waals surface area contributed by atoms with Gasteiger partial charge in [-0.2, -0.15) is 0 Å². The number of aliphatic hydroxyl groups is 3. The summed E-state index contributed by atoms with van der Waals surface area (Å²) in [6, 6.07) is 10.5. The molecule has 0 aromatic heterocycles. The summed E-state index contributed by atoms with van der Waals surface area (Å²) < 4.78 is 12.7. The number of hydrogen-bond acceptors (Lipinski definition) is 6. The smallest absolute Gasteiger partial charge is 0.162 e. The van der Waals surface area contributed by atoms with Crippen molar-refractivity contribution in [3.63, 3.8) is 0 Å². The van der Waals surface area contributed by atoms with Crippen LogP contribution in [-0.4, -0.2) is 63.3 Å². The van der Waals surface area contributed by atoms with E-state index in [1.54, 1.807) is 6.92 Å². The van der Waals surface area contributed by atoms with Crippen molar-refractivity contribution >= 4 is 5.78 Å². The van der Waals surface area contributed by atoms with Crippen molar-refractivity contribution < 1.29 is 29.6 Å². The number of fused-ring (bicyclic) bond motifs is 2. The third-order valence-corrected chi connectivity index (χ3v) is 15.4. The molecule has 0 radical (unpaired) electrons. The highest BCUT2D eigenvalue weighted by atomic mass is 16.5. The molecule has 0 unspecified atom stereocenters. The van der Waals surface area contributed by atoms with Crippen LogP contribution in [0.2, 0.25) is 0 Å². The lowest BCUT2D eigenvalue weighted by Gasteiger charge is -2.64. The van der Waals surface area contributed by atoms with Gasteiger partial charge in [0, 0.05) is 23.9 Å². The third kappa shape index (κ3) is 4.03. The van der Waals surface area contributed by atoms with Crippen molar-refractivity contribution in [3.05, 3.63) is 59.2 Å². The van der Waals surface area contributed by atoms with Crippen LogP contribution in [0.15, 0.2) is 53.6 Å². The minimum absolute atomic E-state index is 0.0361. The van der Waals surface area contributed by atoms with E-state index in [2.05, 4.69) is 64.1 Å². The normalized spacial score (nSPS) is 49.9. The van der Waals surface area contributed by atoms with E-state index in [4.69, 9.17) is 9.47 Å². The van der Waals surface area contributed by atoms with E-state index in [0.29, 0.717) is 38.4 Å². The molecule has 3 saturated carbocycles. The third-order valence-electron chi connectivity index (χ3n) is 15.4. The van der Waals surface area contributed by atoms with Crippen LogP contribution < -0.4 is 0 Å². The average Bonchev–Trinajstić information content (AvgIpc) is 3.51. The van der Waals surface area contributed by atoms with E-state index in [9.17, 15) is 20.1 Å². The lowest BCUT2D eigenvalue weighted by molar-refractivity contribution is -0.198. The van der Waals surface area contributed by atoms with E-state index in [1.807, 2.05) is 6.07 Å². The zero-order chi connectivity index (χ0) is 32.4. The Morgan fingerprint density at radius 1 is 1.02 bits per heavy atom. The first-order chi connectivity index (χ1) is 21.8. The van der Waals surface area contributed by atoms with Crippen LogP contribution in [0.4, 0.5) is 0 Å². The summed E-state index contributed by atoms with van der Waals surface area (Å²) in [7, 11) is 0. The summed E-state index contributed by atoms with van der Waals surface area (Å²) >= 11 is 0. The number of rotatable bonds is 4. The van der Waals surface area contributed by atoms with Gasteiger partial charge >= 0.3 is 0 Å². The highest BCUT2D eigenvalue weighted by Gasteiger charge is 2.74. The van der Waals surface area contributed by atoms with Crippen LogP contribution in [0.5, 0.6) is 0 Å². The number of hydrogen-bond donors (Lipinski definition) is 3. The van der Waals surface area contributed by atoms with Crippen molar-refractivity contribution in [2.45, 2.75) is 121 Å². The van der Waals surface area contributed by atoms with Gasteiger partial charge in [0.15, 0.2) is 5.78 Å². The molecule has 1 aromatic carbocycles. The Labute approximate surface area is 274 Å². The molecule has 250 valence electrons. The number of ether oxygens (including phenoxy) is 2. The zero-order valence-corrected chi connectivity index (χ0v) is 28.4. The van der Waals surface area contributed by atoms with Gasteiger partial charge in [-0.05, 0) is 110 Å². The summed E-state index contributed by atoms with van der Waals surface area (Å²) in [5, 5.41) is 37.1. The summed E-state index contributed by atoms with van der Waals surface area (Å²) in [6.07, 6.45) is 9.30. The molecule has 2 aliphatic heterocycles. The number of carbonyl (C=O) groups excluding carboxylic acids is 1. The number of allylic oxidation sites excluding steroid dienone is 1. The van der Waals surface area contributed by atoms with E-state index in [0.717, 1.165) is 43.3 Å². The van der Waals surface area contributed by atoms with Gasteiger partial charge in [0.1, 0.15) is 6.10 Å². The lowest BCUT2D eigenvalue weighted by Crippen LogP contribution is -2.66. The van der Waals surface area contributed by atoms with Gasteiger partial charge in [-0.1, -0.05) is 70.2 Å². The van der Waals surface area contributed by atoms with Crippen molar-refractivity contribution in [2.24, 2.45) is 46.3 Å². The lowest BCUT2D eigenvalue weighted by atomic mass is 9.42. The van der Waals surface area contributed by atoms with Crippen molar-refractivity contribution in [1.82, 2.24) is 0 Å². The Bertz CT molecular complexity index is 1460. The maximum Gasteiger partial charge on any atom is 0.162 e. The van der Waals surface area contributed by atoms with E-state index >= 15 is 0 Å². The molecule has 0 amide bonds. The Morgan fingerprint density at radius 2 is 1.78 bits per heavy atom. The molecule has 5 aliphatic carbocycles. The Kier molecular flexibility index (Phi) is 7.07. The van der Waals surface area contributed by atoms with Gasteiger partial charge < -0.3 is 24.8 Å². The molecule has 6 nitrogen and oxygen atoms in total. The van der Waals surface area contributed by atoms with Gasteiger partial charge in [-0.3, -0.25) is 4.79 Å². The first kappa shape index (κ1) is 31.4. The van der Waals surface area contributed by atoms with Crippen molar-refractivity contribution in [2.75, 3.05) is 13.2 Å².